The third-order valence-corrected chi connectivity index (χ3v) is 8.29. The number of nitrogens with one attached hydrogen (secondary N) is 1. The Kier molecular flexibility index (Phi) is 36.7. The number of unbranched alkanes of at least 4 members (excludes halogenated alkanes) is 10. The van der Waals surface area contributed by atoms with Crippen LogP contribution in [0.25, 0.3) is 0 Å². The Morgan fingerprint density at radius 2 is 1.04 bits per heavy atom. The van der Waals surface area contributed by atoms with Gasteiger partial charge in [-0.1, -0.05) is 206 Å². The van der Waals surface area contributed by atoms with E-state index in [4.69, 9.17) is 4.74 Å². The van der Waals surface area contributed by atoms with Crippen LogP contribution in [0.15, 0.2) is 122 Å². The zero-order valence-corrected chi connectivity index (χ0v) is 33.3. The number of carbonyl (C=O) groups is 2. The second-order valence-electron chi connectivity index (χ2n) is 13.2. The summed E-state index contributed by atoms with van der Waals surface area (Å²) in [6.45, 7) is 6.07. The zero-order valence-electron chi connectivity index (χ0n) is 33.3. The molecule has 296 valence electrons. The molecule has 0 spiro atoms. The van der Waals surface area contributed by atoms with Crippen LogP contribution >= 0.6 is 0 Å². The predicted molar refractivity (Wildman–Crippen MR) is 226 cm³/mol. The molecule has 1 amide bonds. The number of hydrogen-bond acceptors (Lipinski definition) is 5. The maximum absolute atomic E-state index is 13.0. The Bertz CT molecular complexity index is 1180. The summed E-state index contributed by atoms with van der Waals surface area (Å²) in [7, 11) is 0. The quantitative estimate of drug-likeness (QED) is 0.0355. The van der Waals surface area contributed by atoms with E-state index in [-0.39, 0.29) is 31.3 Å². The molecule has 0 aliphatic rings. The van der Waals surface area contributed by atoms with Gasteiger partial charge in [-0.2, -0.15) is 0 Å². The van der Waals surface area contributed by atoms with Gasteiger partial charge in [-0.15, -0.1) is 0 Å². The standard InChI is InChI=1S/C47H73NO5/c1-4-7-10-13-16-19-22-23-25-28-31-34-37-40-47(52)53-43(38-35-32-29-26-24-20-17-14-11-8-5-2)41-46(51)48-44(42-49)45(50)39-36-33-30-27-21-18-15-12-9-6-3/h7-8,10-11,13-14,16-17,19-20,22-26,28-29,31-32,35,43-45,49-50H,4-6,9,12,15,18,21,27,30,33-34,36-42H2,1-3H3,(H,48,51)/b10-7+,11-8+,16-13+,17-14+,22-19-,24-20-,25-23-,29-26-,31-28+,35-32+. The van der Waals surface area contributed by atoms with Crippen molar-refractivity contribution in [1.29, 1.82) is 0 Å². The minimum absolute atomic E-state index is 0.0560. The number of amides is 1. The molecule has 0 saturated heterocycles. The van der Waals surface area contributed by atoms with Crippen molar-refractivity contribution in [3.63, 3.8) is 0 Å². The van der Waals surface area contributed by atoms with Gasteiger partial charge < -0.3 is 20.3 Å². The van der Waals surface area contributed by atoms with Crippen molar-refractivity contribution >= 4 is 11.9 Å². The number of carbonyl (C=O) groups excluding carboxylic acids is 2. The van der Waals surface area contributed by atoms with E-state index in [9.17, 15) is 19.8 Å². The molecule has 0 aliphatic heterocycles. The third kappa shape index (κ3) is 35.1. The van der Waals surface area contributed by atoms with Gasteiger partial charge >= 0.3 is 5.97 Å². The van der Waals surface area contributed by atoms with Crippen molar-refractivity contribution in [3.05, 3.63) is 122 Å². The number of allylic oxidation sites excluding steroid dienone is 19. The van der Waals surface area contributed by atoms with Gasteiger partial charge in [0, 0.05) is 12.8 Å². The highest BCUT2D eigenvalue weighted by atomic mass is 16.5. The van der Waals surface area contributed by atoms with Crippen LogP contribution in [-0.2, 0) is 14.3 Å². The first kappa shape index (κ1) is 49.3. The van der Waals surface area contributed by atoms with Crippen molar-refractivity contribution in [2.24, 2.45) is 0 Å². The van der Waals surface area contributed by atoms with Gasteiger partial charge in [0.25, 0.3) is 0 Å². The first-order valence-corrected chi connectivity index (χ1v) is 20.4. The average Bonchev–Trinajstić information content (AvgIpc) is 3.15. The van der Waals surface area contributed by atoms with E-state index >= 15 is 0 Å². The fourth-order valence-electron chi connectivity index (χ4n) is 5.24. The molecule has 0 aromatic rings. The van der Waals surface area contributed by atoms with Gasteiger partial charge in [0.2, 0.25) is 5.91 Å². The molecule has 3 N–H and O–H groups in total. The second-order valence-corrected chi connectivity index (χ2v) is 13.2. The van der Waals surface area contributed by atoms with Crippen molar-refractivity contribution in [1.82, 2.24) is 5.32 Å². The summed E-state index contributed by atoms with van der Waals surface area (Å²) in [5.41, 5.74) is 0. The fourth-order valence-corrected chi connectivity index (χ4v) is 5.24. The van der Waals surface area contributed by atoms with Crippen LogP contribution < -0.4 is 5.32 Å². The lowest BCUT2D eigenvalue weighted by atomic mass is 10.0. The summed E-state index contributed by atoms with van der Waals surface area (Å²) in [6, 6.07) is -0.759. The van der Waals surface area contributed by atoms with Crippen molar-refractivity contribution in [2.75, 3.05) is 6.61 Å². The van der Waals surface area contributed by atoms with Crippen LogP contribution in [0.4, 0.5) is 0 Å². The summed E-state index contributed by atoms with van der Waals surface area (Å²) in [4.78, 5) is 25.8. The van der Waals surface area contributed by atoms with Crippen molar-refractivity contribution in [2.45, 2.75) is 155 Å². The lowest BCUT2D eigenvalue weighted by Gasteiger charge is -2.24. The van der Waals surface area contributed by atoms with E-state index < -0.39 is 18.2 Å². The number of esters is 1. The summed E-state index contributed by atoms with van der Waals surface area (Å²) < 4.78 is 5.75. The highest BCUT2D eigenvalue weighted by Gasteiger charge is 2.23. The van der Waals surface area contributed by atoms with E-state index in [2.05, 4.69) is 38.2 Å². The molecular formula is C47H73NO5. The molecule has 0 radical (unpaired) electrons. The minimum Gasteiger partial charge on any atom is -0.461 e. The lowest BCUT2D eigenvalue weighted by molar-refractivity contribution is -0.150. The molecular weight excluding hydrogens is 659 g/mol. The van der Waals surface area contributed by atoms with E-state index in [1.807, 2.05) is 109 Å². The topological polar surface area (TPSA) is 95.9 Å². The highest BCUT2D eigenvalue weighted by Crippen LogP contribution is 2.14. The van der Waals surface area contributed by atoms with Crippen molar-refractivity contribution in [3.8, 4) is 0 Å². The Balaban J connectivity index is 4.95. The Morgan fingerprint density at radius 3 is 1.53 bits per heavy atom. The number of rotatable bonds is 33. The Morgan fingerprint density at radius 1 is 0.585 bits per heavy atom. The molecule has 6 nitrogen and oxygen atoms in total. The predicted octanol–water partition coefficient (Wildman–Crippen LogP) is 11.4. The first-order chi connectivity index (χ1) is 26.0. The van der Waals surface area contributed by atoms with Gasteiger partial charge in [-0.25, -0.2) is 0 Å². The second kappa shape index (κ2) is 39.5. The molecule has 0 aromatic carbocycles. The number of aliphatic hydroxyl groups is 2. The first-order valence-electron chi connectivity index (χ1n) is 20.4. The number of ether oxygens (including phenoxy) is 1. The Labute approximate surface area is 323 Å². The molecule has 0 bridgehead atoms. The molecule has 53 heavy (non-hydrogen) atoms. The van der Waals surface area contributed by atoms with Gasteiger partial charge in [-0.3, -0.25) is 9.59 Å². The molecule has 3 unspecified atom stereocenters. The Hall–Kier alpha value is -3.74. The van der Waals surface area contributed by atoms with Crippen LogP contribution in [0.5, 0.6) is 0 Å². The number of hydrogen-bond donors (Lipinski definition) is 3. The summed E-state index contributed by atoms with van der Waals surface area (Å²) in [5.74, 6) is -0.717. The van der Waals surface area contributed by atoms with Crippen LogP contribution in [0.3, 0.4) is 0 Å². The minimum atomic E-state index is -0.835. The van der Waals surface area contributed by atoms with E-state index in [0.717, 1.165) is 38.5 Å². The lowest BCUT2D eigenvalue weighted by Crippen LogP contribution is -2.46. The average molecular weight is 732 g/mol. The molecule has 3 atom stereocenters. The monoisotopic (exact) mass is 732 g/mol. The fraction of sp³-hybridized carbons (Fsp3) is 0.532. The van der Waals surface area contributed by atoms with Crippen LogP contribution in [0, 0.1) is 0 Å². The van der Waals surface area contributed by atoms with E-state index in [0.29, 0.717) is 19.3 Å². The van der Waals surface area contributed by atoms with E-state index in [1.54, 1.807) is 0 Å². The molecule has 0 heterocycles. The zero-order chi connectivity index (χ0) is 38.9. The third-order valence-electron chi connectivity index (χ3n) is 8.29. The molecule has 0 aromatic heterocycles. The summed E-state index contributed by atoms with van der Waals surface area (Å²) in [6.07, 6.45) is 54.3. The SMILES string of the molecule is CC/C=C/C=C/C=C\C=C/C=C/CCCC(=O)OC(C/C=C/C=C\C=C/C=C/C=C/CC)CC(=O)NC(CO)C(O)CCCCCCCCCCCC. The van der Waals surface area contributed by atoms with Crippen LogP contribution in [-0.4, -0.2) is 46.9 Å². The highest BCUT2D eigenvalue weighted by molar-refractivity contribution is 5.77. The van der Waals surface area contributed by atoms with Gasteiger partial charge in [0.15, 0.2) is 0 Å². The molecule has 0 rings (SSSR count). The van der Waals surface area contributed by atoms with Gasteiger partial charge in [0.1, 0.15) is 6.10 Å². The molecule has 0 saturated carbocycles. The summed E-state index contributed by atoms with van der Waals surface area (Å²) >= 11 is 0. The van der Waals surface area contributed by atoms with E-state index in [1.165, 1.54) is 44.9 Å². The summed E-state index contributed by atoms with van der Waals surface area (Å²) in [5, 5.41) is 23.4. The van der Waals surface area contributed by atoms with Gasteiger partial charge in [-0.05, 0) is 32.1 Å². The van der Waals surface area contributed by atoms with Crippen molar-refractivity contribution < 1.29 is 24.5 Å². The maximum atomic E-state index is 13.0. The van der Waals surface area contributed by atoms with Gasteiger partial charge in [0.05, 0.1) is 25.2 Å². The molecule has 0 fully saturated rings. The van der Waals surface area contributed by atoms with Crippen LogP contribution in [0.2, 0.25) is 0 Å². The molecule has 6 heteroatoms. The largest absolute Gasteiger partial charge is 0.461 e. The smallest absolute Gasteiger partial charge is 0.306 e. The number of aliphatic hydroxyl groups excluding tert-OH is 2. The molecule has 0 aliphatic carbocycles. The normalized spacial score (nSPS) is 14.7. The van der Waals surface area contributed by atoms with Crippen LogP contribution in [0.1, 0.15) is 136 Å². The maximum Gasteiger partial charge on any atom is 0.306 e.